The van der Waals surface area contributed by atoms with E-state index in [-0.39, 0.29) is 17.4 Å². The van der Waals surface area contributed by atoms with Crippen molar-refractivity contribution in [2.24, 2.45) is 0 Å². The van der Waals surface area contributed by atoms with Gasteiger partial charge in [0.25, 0.3) is 0 Å². The van der Waals surface area contributed by atoms with Gasteiger partial charge in [-0.25, -0.2) is 8.42 Å². The number of nitrogen functional groups attached to an aromatic ring is 1. The van der Waals surface area contributed by atoms with Crippen molar-refractivity contribution in [1.82, 2.24) is 5.32 Å². The molecule has 1 aliphatic carbocycles. The summed E-state index contributed by atoms with van der Waals surface area (Å²) in [4.78, 5) is 12.6. The normalized spacial score (nSPS) is 29.0. The average molecular weight is 308 g/mol. The molecule has 6 heteroatoms. The number of hydrogen-bond acceptors (Lipinski definition) is 4. The number of anilines is 1. The van der Waals surface area contributed by atoms with Gasteiger partial charge in [-0.15, -0.1) is 0 Å². The molecule has 0 aromatic heterocycles. The second-order valence-corrected chi connectivity index (χ2v) is 8.74. The highest BCUT2D eigenvalue weighted by molar-refractivity contribution is 7.91. The minimum Gasteiger partial charge on any atom is -0.399 e. The van der Waals surface area contributed by atoms with Crippen molar-refractivity contribution in [3.05, 3.63) is 29.8 Å². The van der Waals surface area contributed by atoms with E-state index in [2.05, 4.69) is 5.32 Å². The van der Waals surface area contributed by atoms with E-state index in [0.29, 0.717) is 12.1 Å². The monoisotopic (exact) mass is 308 g/mol. The predicted molar refractivity (Wildman–Crippen MR) is 81.6 cm³/mol. The van der Waals surface area contributed by atoms with Crippen LogP contribution in [-0.4, -0.2) is 31.4 Å². The summed E-state index contributed by atoms with van der Waals surface area (Å²) in [5, 5.41) is 2.98. The third kappa shape index (κ3) is 2.64. The molecule has 2 fully saturated rings. The van der Waals surface area contributed by atoms with Crippen LogP contribution < -0.4 is 11.1 Å². The van der Waals surface area contributed by atoms with Crippen LogP contribution in [-0.2, 0) is 20.0 Å². The zero-order valence-electron chi connectivity index (χ0n) is 12.1. The van der Waals surface area contributed by atoms with E-state index in [0.717, 1.165) is 18.4 Å². The number of carbonyl (C=O) groups is 1. The number of carbonyl (C=O) groups excluding carboxylic acids is 1. The summed E-state index contributed by atoms with van der Waals surface area (Å²) in [6.45, 7) is 1.81. The molecule has 1 unspecified atom stereocenters. The first-order valence-corrected chi connectivity index (χ1v) is 8.96. The molecule has 1 aliphatic heterocycles. The molecular weight excluding hydrogens is 288 g/mol. The molecule has 3 rings (SSSR count). The Morgan fingerprint density at radius 3 is 2.29 bits per heavy atom. The third-order valence-corrected chi connectivity index (χ3v) is 6.47. The molecule has 5 nitrogen and oxygen atoms in total. The molecule has 114 valence electrons. The first-order valence-electron chi connectivity index (χ1n) is 7.14. The largest absolute Gasteiger partial charge is 0.399 e. The number of sulfone groups is 1. The van der Waals surface area contributed by atoms with Gasteiger partial charge >= 0.3 is 0 Å². The first kappa shape index (κ1) is 14.4. The van der Waals surface area contributed by atoms with Crippen LogP contribution in [0.1, 0.15) is 31.7 Å². The van der Waals surface area contributed by atoms with Crippen molar-refractivity contribution in [3.8, 4) is 0 Å². The van der Waals surface area contributed by atoms with Gasteiger partial charge in [0.2, 0.25) is 5.91 Å². The van der Waals surface area contributed by atoms with E-state index in [1.54, 1.807) is 12.1 Å². The Kier molecular flexibility index (Phi) is 3.06. The molecular formula is C15H20N2O3S. The lowest BCUT2D eigenvalue weighted by molar-refractivity contribution is -0.125. The van der Waals surface area contributed by atoms with Gasteiger partial charge in [-0.3, -0.25) is 4.79 Å². The van der Waals surface area contributed by atoms with Crippen LogP contribution in [0.4, 0.5) is 5.69 Å². The molecule has 3 N–H and O–H groups in total. The number of nitrogens with two attached hydrogens (primary N) is 1. The summed E-state index contributed by atoms with van der Waals surface area (Å²) in [6.07, 6.45) is 2.08. The van der Waals surface area contributed by atoms with E-state index < -0.39 is 20.8 Å². The lowest BCUT2D eigenvalue weighted by Crippen LogP contribution is -2.50. The molecule has 1 aromatic rings. The Morgan fingerprint density at radius 2 is 1.81 bits per heavy atom. The van der Waals surface area contributed by atoms with Gasteiger partial charge < -0.3 is 11.1 Å². The molecule has 0 bridgehead atoms. The molecule has 1 aromatic carbocycles. The van der Waals surface area contributed by atoms with Crippen LogP contribution in [0.5, 0.6) is 0 Å². The van der Waals surface area contributed by atoms with Crippen LogP contribution in [0.25, 0.3) is 0 Å². The SMILES string of the molecule is CC1(NC(=O)C2(c3ccc(N)cc3)CC2)CCS(=O)(=O)C1. The molecule has 1 saturated heterocycles. The third-order valence-electron chi connectivity index (χ3n) is 4.57. The average Bonchev–Trinajstić information content (AvgIpc) is 3.14. The molecule has 21 heavy (non-hydrogen) atoms. The summed E-state index contributed by atoms with van der Waals surface area (Å²) in [6, 6.07) is 7.36. The van der Waals surface area contributed by atoms with Gasteiger partial charge in [-0.2, -0.15) is 0 Å². The summed E-state index contributed by atoms with van der Waals surface area (Å²) >= 11 is 0. The Morgan fingerprint density at radius 1 is 1.19 bits per heavy atom. The number of nitrogens with one attached hydrogen (secondary N) is 1. The zero-order valence-corrected chi connectivity index (χ0v) is 12.9. The fourth-order valence-electron chi connectivity index (χ4n) is 3.08. The fourth-order valence-corrected chi connectivity index (χ4v) is 5.17. The summed E-state index contributed by atoms with van der Waals surface area (Å²) in [5.74, 6) is 0.120. The van der Waals surface area contributed by atoms with Crippen molar-refractivity contribution in [2.75, 3.05) is 17.2 Å². The molecule has 2 aliphatic rings. The van der Waals surface area contributed by atoms with E-state index in [1.807, 2.05) is 19.1 Å². The standard InChI is InChI=1S/C15H20N2O3S/c1-14(8-9-21(19,20)10-14)17-13(18)15(6-7-15)11-2-4-12(16)5-3-11/h2-5H,6-10,16H2,1H3,(H,17,18). The Hall–Kier alpha value is -1.56. The molecule has 1 saturated carbocycles. The number of amides is 1. The van der Waals surface area contributed by atoms with Crippen molar-refractivity contribution >= 4 is 21.4 Å². The minimum atomic E-state index is -3.03. The number of benzene rings is 1. The van der Waals surface area contributed by atoms with Gasteiger partial charge in [-0.1, -0.05) is 12.1 Å². The van der Waals surface area contributed by atoms with E-state index in [1.165, 1.54) is 0 Å². The zero-order chi connectivity index (χ0) is 15.3. The van der Waals surface area contributed by atoms with Gasteiger partial charge in [0.1, 0.15) is 0 Å². The van der Waals surface area contributed by atoms with Crippen LogP contribution >= 0.6 is 0 Å². The van der Waals surface area contributed by atoms with Crippen molar-refractivity contribution < 1.29 is 13.2 Å². The van der Waals surface area contributed by atoms with Crippen molar-refractivity contribution in [3.63, 3.8) is 0 Å². The molecule has 1 atom stereocenters. The molecule has 0 radical (unpaired) electrons. The summed E-state index contributed by atoms with van der Waals surface area (Å²) in [5.41, 5.74) is 6.17. The smallest absolute Gasteiger partial charge is 0.231 e. The maximum absolute atomic E-state index is 12.6. The van der Waals surface area contributed by atoms with Gasteiger partial charge in [0.05, 0.1) is 22.5 Å². The number of hydrogen-bond donors (Lipinski definition) is 2. The van der Waals surface area contributed by atoms with Crippen molar-refractivity contribution in [1.29, 1.82) is 0 Å². The second kappa shape index (κ2) is 4.47. The van der Waals surface area contributed by atoms with Crippen LogP contribution in [0.3, 0.4) is 0 Å². The van der Waals surface area contributed by atoms with Crippen molar-refractivity contribution in [2.45, 2.75) is 37.1 Å². The Bertz CT molecular complexity index is 677. The maximum atomic E-state index is 12.6. The summed E-state index contributed by atoms with van der Waals surface area (Å²) < 4.78 is 23.3. The lowest BCUT2D eigenvalue weighted by atomic mass is 9.92. The highest BCUT2D eigenvalue weighted by Gasteiger charge is 2.53. The molecule has 0 spiro atoms. The highest BCUT2D eigenvalue weighted by atomic mass is 32.2. The Balaban J connectivity index is 1.78. The van der Waals surface area contributed by atoms with E-state index >= 15 is 0 Å². The van der Waals surface area contributed by atoms with E-state index in [9.17, 15) is 13.2 Å². The van der Waals surface area contributed by atoms with Crippen LogP contribution in [0.2, 0.25) is 0 Å². The number of rotatable bonds is 3. The quantitative estimate of drug-likeness (QED) is 0.815. The predicted octanol–water partition coefficient (Wildman–Crippen LogP) is 0.994. The topological polar surface area (TPSA) is 89.3 Å². The fraction of sp³-hybridized carbons (Fsp3) is 0.533. The van der Waals surface area contributed by atoms with Gasteiger partial charge in [-0.05, 0) is 43.9 Å². The first-order chi connectivity index (χ1) is 9.75. The van der Waals surface area contributed by atoms with Gasteiger partial charge in [0, 0.05) is 5.69 Å². The van der Waals surface area contributed by atoms with Crippen LogP contribution in [0, 0.1) is 0 Å². The maximum Gasteiger partial charge on any atom is 0.231 e. The highest BCUT2D eigenvalue weighted by Crippen LogP contribution is 2.49. The molecule has 1 heterocycles. The van der Waals surface area contributed by atoms with Gasteiger partial charge in [0.15, 0.2) is 9.84 Å². The minimum absolute atomic E-state index is 0.0313. The lowest BCUT2D eigenvalue weighted by Gasteiger charge is -2.27. The second-order valence-electron chi connectivity index (χ2n) is 6.56. The van der Waals surface area contributed by atoms with Crippen LogP contribution in [0.15, 0.2) is 24.3 Å². The Labute approximate surface area is 124 Å². The summed E-state index contributed by atoms with van der Waals surface area (Å²) in [7, 11) is -3.03. The molecule has 1 amide bonds. The van der Waals surface area contributed by atoms with E-state index in [4.69, 9.17) is 5.73 Å².